The summed E-state index contributed by atoms with van der Waals surface area (Å²) >= 11 is 0. The highest BCUT2D eigenvalue weighted by Crippen LogP contribution is 2.28. The molecule has 0 aliphatic carbocycles. The Kier molecular flexibility index (Phi) is 5.43. The van der Waals surface area contributed by atoms with Gasteiger partial charge in [-0.2, -0.15) is 0 Å². The van der Waals surface area contributed by atoms with Crippen molar-refractivity contribution < 1.29 is 13.9 Å². The molecule has 0 radical (unpaired) electrons. The summed E-state index contributed by atoms with van der Waals surface area (Å²) in [4.78, 5) is 11.8. The van der Waals surface area contributed by atoms with Crippen molar-refractivity contribution in [1.82, 2.24) is 5.32 Å². The largest absolute Gasteiger partial charge is 0.448 e. The van der Waals surface area contributed by atoms with E-state index >= 15 is 0 Å². The van der Waals surface area contributed by atoms with Gasteiger partial charge in [0.1, 0.15) is 12.4 Å². The van der Waals surface area contributed by atoms with Crippen LogP contribution in [0.25, 0.3) is 0 Å². The summed E-state index contributed by atoms with van der Waals surface area (Å²) < 4.78 is 18.4. The molecule has 2 aromatic carbocycles. The van der Waals surface area contributed by atoms with Gasteiger partial charge in [0.15, 0.2) is 0 Å². The number of ether oxygens (including phenoxy) is 1. The number of carbonyl (C=O) groups is 1. The fourth-order valence-electron chi connectivity index (χ4n) is 3.02. The van der Waals surface area contributed by atoms with Crippen LogP contribution in [0, 0.1) is 5.82 Å². The summed E-state index contributed by atoms with van der Waals surface area (Å²) in [5.74, 6) is 0.141. The molecule has 126 valence electrons. The van der Waals surface area contributed by atoms with Gasteiger partial charge in [0, 0.05) is 11.7 Å². The Bertz CT molecular complexity index is 661. The number of nitrogens with one attached hydrogen (secondary N) is 2. The van der Waals surface area contributed by atoms with Crippen LogP contribution in [0.5, 0.6) is 0 Å². The highest BCUT2D eigenvalue weighted by atomic mass is 19.1. The minimum Gasteiger partial charge on any atom is -0.448 e. The van der Waals surface area contributed by atoms with Gasteiger partial charge >= 0.3 is 6.09 Å². The molecule has 0 unspecified atom stereocenters. The molecule has 2 aromatic rings. The Morgan fingerprint density at radius 3 is 2.67 bits per heavy atom. The van der Waals surface area contributed by atoms with Crippen molar-refractivity contribution in [3.8, 4) is 0 Å². The predicted molar refractivity (Wildman–Crippen MR) is 91.6 cm³/mol. The van der Waals surface area contributed by atoms with Crippen LogP contribution in [0.3, 0.4) is 0 Å². The van der Waals surface area contributed by atoms with Crippen molar-refractivity contribution in [1.29, 1.82) is 0 Å². The van der Waals surface area contributed by atoms with E-state index in [1.165, 1.54) is 12.1 Å². The number of anilines is 1. The van der Waals surface area contributed by atoms with E-state index in [0.717, 1.165) is 24.9 Å². The Morgan fingerprint density at radius 1 is 1.17 bits per heavy atom. The molecule has 24 heavy (non-hydrogen) atoms. The normalized spacial score (nSPS) is 20.4. The maximum Gasteiger partial charge on any atom is 0.411 e. The first-order valence-corrected chi connectivity index (χ1v) is 8.18. The van der Waals surface area contributed by atoms with E-state index in [1.54, 1.807) is 0 Å². The number of hydrogen-bond acceptors (Lipinski definition) is 3. The Morgan fingerprint density at radius 2 is 1.92 bits per heavy atom. The Balaban J connectivity index is 1.48. The van der Waals surface area contributed by atoms with Gasteiger partial charge in [0.2, 0.25) is 0 Å². The number of halogens is 1. The quantitative estimate of drug-likeness (QED) is 0.895. The lowest BCUT2D eigenvalue weighted by Crippen LogP contribution is -2.41. The van der Waals surface area contributed by atoms with E-state index in [4.69, 9.17) is 4.74 Å². The molecule has 1 aliphatic rings. The zero-order valence-corrected chi connectivity index (χ0v) is 13.4. The first-order valence-electron chi connectivity index (χ1n) is 8.18. The highest BCUT2D eigenvalue weighted by Gasteiger charge is 2.23. The molecule has 4 nitrogen and oxygen atoms in total. The zero-order chi connectivity index (χ0) is 16.8. The average Bonchev–Trinajstić information content (AvgIpc) is 2.62. The number of piperidine rings is 1. The minimum absolute atomic E-state index is 0.107. The molecular weight excluding hydrogens is 307 g/mol. The lowest BCUT2D eigenvalue weighted by atomic mass is 9.87. The number of rotatable bonds is 4. The Labute approximate surface area is 141 Å². The second-order valence-electron chi connectivity index (χ2n) is 6.01. The number of hydrogen-bond donors (Lipinski definition) is 2. The van der Waals surface area contributed by atoms with Gasteiger partial charge in [0.05, 0.1) is 0 Å². The molecule has 0 bridgehead atoms. The van der Waals surface area contributed by atoms with E-state index in [9.17, 15) is 9.18 Å². The van der Waals surface area contributed by atoms with E-state index in [0.29, 0.717) is 18.2 Å². The van der Waals surface area contributed by atoms with Gasteiger partial charge < -0.3 is 10.1 Å². The topological polar surface area (TPSA) is 50.4 Å². The number of carbonyl (C=O) groups excluding carboxylic acids is 1. The van der Waals surface area contributed by atoms with Crippen LogP contribution in [0.4, 0.5) is 14.9 Å². The molecule has 3 rings (SSSR count). The fraction of sp³-hybridized carbons (Fsp3) is 0.316. The van der Waals surface area contributed by atoms with Gasteiger partial charge in [-0.3, -0.25) is 5.32 Å². The summed E-state index contributed by atoms with van der Waals surface area (Å²) in [5.41, 5.74) is 1.85. The van der Waals surface area contributed by atoms with Crippen LogP contribution in [0.2, 0.25) is 0 Å². The van der Waals surface area contributed by atoms with Crippen molar-refractivity contribution in [2.75, 3.05) is 18.5 Å². The molecule has 2 atom stereocenters. The van der Waals surface area contributed by atoms with E-state index < -0.39 is 6.09 Å². The van der Waals surface area contributed by atoms with Crippen molar-refractivity contribution >= 4 is 11.8 Å². The highest BCUT2D eigenvalue weighted by molar-refractivity contribution is 5.84. The van der Waals surface area contributed by atoms with E-state index in [2.05, 4.69) is 10.6 Å². The fourth-order valence-corrected chi connectivity index (χ4v) is 3.02. The molecule has 5 heteroatoms. The second kappa shape index (κ2) is 7.93. The maximum atomic E-state index is 13.0. The van der Waals surface area contributed by atoms with Crippen LogP contribution >= 0.6 is 0 Å². The van der Waals surface area contributed by atoms with Gasteiger partial charge in [-0.15, -0.1) is 0 Å². The summed E-state index contributed by atoms with van der Waals surface area (Å²) in [5, 5.41) is 6.07. The number of para-hydroxylation sites is 1. The van der Waals surface area contributed by atoms with Crippen LogP contribution in [0.15, 0.2) is 54.6 Å². The van der Waals surface area contributed by atoms with Crippen LogP contribution in [-0.4, -0.2) is 25.3 Å². The molecule has 0 spiro atoms. The van der Waals surface area contributed by atoms with Gasteiger partial charge in [-0.05, 0) is 55.1 Å². The van der Waals surface area contributed by atoms with Crippen molar-refractivity contribution in [3.05, 3.63) is 66.0 Å². The third kappa shape index (κ3) is 4.55. The van der Waals surface area contributed by atoms with Crippen LogP contribution in [0.1, 0.15) is 24.3 Å². The van der Waals surface area contributed by atoms with Gasteiger partial charge in [0.25, 0.3) is 0 Å². The number of benzene rings is 2. The number of amides is 1. The summed E-state index contributed by atoms with van der Waals surface area (Å²) in [7, 11) is 0. The average molecular weight is 328 g/mol. The monoisotopic (exact) mass is 328 g/mol. The predicted octanol–water partition coefficient (Wildman–Crippen LogP) is 3.91. The molecule has 0 aromatic heterocycles. The molecule has 2 N–H and O–H groups in total. The summed E-state index contributed by atoms with van der Waals surface area (Å²) in [6.45, 7) is 1.17. The summed E-state index contributed by atoms with van der Waals surface area (Å²) in [6.07, 6.45) is 1.41. The first-order chi connectivity index (χ1) is 11.7. The van der Waals surface area contributed by atoms with Crippen LogP contribution in [-0.2, 0) is 4.74 Å². The standard InChI is InChI=1S/C19H21FN2O2/c20-16-8-6-14(7-9-16)15-10-11-21-18(12-15)13-24-19(23)22-17-4-2-1-3-5-17/h1-9,15,18,21H,10-13H2,(H,22,23)/t15-,18+/m1/s1. The lowest BCUT2D eigenvalue weighted by molar-refractivity contribution is 0.139. The van der Waals surface area contributed by atoms with Gasteiger partial charge in [-0.1, -0.05) is 30.3 Å². The maximum absolute atomic E-state index is 13.0. The molecule has 0 saturated carbocycles. The van der Waals surface area contributed by atoms with Crippen molar-refractivity contribution in [2.45, 2.75) is 24.8 Å². The van der Waals surface area contributed by atoms with E-state index in [-0.39, 0.29) is 11.9 Å². The van der Waals surface area contributed by atoms with Crippen molar-refractivity contribution in [3.63, 3.8) is 0 Å². The molecule has 1 aliphatic heterocycles. The third-order valence-corrected chi connectivity index (χ3v) is 4.27. The smallest absolute Gasteiger partial charge is 0.411 e. The van der Waals surface area contributed by atoms with Crippen LogP contribution < -0.4 is 10.6 Å². The molecular formula is C19H21FN2O2. The minimum atomic E-state index is -0.452. The zero-order valence-electron chi connectivity index (χ0n) is 13.4. The molecule has 1 amide bonds. The van der Waals surface area contributed by atoms with Crippen molar-refractivity contribution in [2.24, 2.45) is 0 Å². The SMILES string of the molecule is O=C(Nc1ccccc1)OC[C@@H]1C[C@H](c2ccc(F)cc2)CCN1. The summed E-state index contributed by atoms with van der Waals surface area (Å²) in [6, 6.07) is 16.0. The molecule has 1 heterocycles. The molecule has 1 saturated heterocycles. The third-order valence-electron chi connectivity index (χ3n) is 4.27. The van der Waals surface area contributed by atoms with E-state index in [1.807, 2.05) is 42.5 Å². The first kappa shape index (κ1) is 16.5. The second-order valence-corrected chi connectivity index (χ2v) is 6.01. The lowest BCUT2D eigenvalue weighted by Gasteiger charge is -2.30. The van der Waals surface area contributed by atoms with Gasteiger partial charge in [-0.25, -0.2) is 9.18 Å². The molecule has 1 fully saturated rings. The Hall–Kier alpha value is -2.40.